The first-order valence-electron chi connectivity index (χ1n) is 18.1. The largest absolute Gasteiger partial charge is 0.384 e. The minimum absolute atomic E-state index is 0.205. The van der Waals surface area contributed by atoms with E-state index in [0.29, 0.717) is 40.2 Å². The van der Waals surface area contributed by atoms with Crippen molar-refractivity contribution in [1.29, 1.82) is 0 Å². The summed E-state index contributed by atoms with van der Waals surface area (Å²) in [5, 5.41) is 6.37. The Morgan fingerprint density at radius 3 is 1.65 bits per heavy atom. The summed E-state index contributed by atoms with van der Waals surface area (Å²) in [5.74, 6) is -0.789. The van der Waals surface area contributed by atoms with E-state index in [1.807, 2.05) is 18.2 Å². The van der Waals surface area contributed by atoms with Gasteiger partial charge in [-0.15, -0.1) is 0 Å². The van der Waals surface area contributed by atoms with Crippen LogP contribution in [0.15, 0.2) is 84.9 Å². The van der Waals surface area contributed by atoms with Crippen molar-refractivity contribution in [3.8, 4) is 11.1 Å². The number of unbranched alkanes of at least 4 members (excludes halogenated alkanes) is 10. The zero-order chi connectivity index (χ0) is 33.7. The molecule has 0 saturated carbocycles. The van der Waals surface area contributed by atoms with Gasteiger partial charge in [0.1, 0.15) is 0 Å². The number of benzene rings is 4. The number of carbonyl (C=O) groups excluding carboxylic acids is 3. The number of aryl methyl sites for hydroxylation is 1. The number of nitrogens with one attached hydrogen (secondary N) is 2. The van der Waals surface area contributed by atoms with Crippen molar-refractivity contribution in [2.24, 2.45) is 0 Å². The second-order valence-electron chi connectivity index (χ2n) is 13.1. The average molecular weight is 643 g/mol. The Morgan fingerprint density at radius 2 is 1.04 bits per heavy atom. The summed E-state index contributed by atoms with van der Waals surface area (Å²) in [5.41, 5.74) is 6.29. The topological polar surface area (TPSA) is 75.3 Å². The highest BCUT2D eigenvalue weighted by atomic mass is 16.2. The van der Waals surface area contributed by atoms with Crippen LogP contribution < -0.4 is 10.6 Å². The molecule has 0 saturated heterocycles. The molecule has 1 aliphatic rings. The standard InChI is InChI=1S/C43H50N2O3/c1-3-5-7-9-11-13-17-31-20-22-32(23-21-31)33-24-26-34(27-25-33)43(48)45-38-29-28-37(44-30-16-12-10-8-6-4-2)39-40(38)42(47)36-19-15-14-18-35(36)41(39)46/h14-15,18-29,44H,3-13,16-17,30H2,1-2H3,(H,45,48). The van der Waals surface area contributed by atoms with Gasteiger partial charge in [-0.25, -0.2) is 0 Å². The van der Waals surface area contributed by atoms with E-state index >= 15 is 0 Å². The summed E-state index contributed by atoms with van der Waals surface area (Å²) in [6.07, 6.45) is 15.9. The van der Waals surface area contributed by atoms with Crippen molar-refractivity contribution < 1.29 is 14.4 Å². The minimum Gasteiger partial charge on any atom is -0.384 e. The van der Waals surface area contributed by atoms with Crippen LogP contribution in [0.4, 0.5) is 11.4 Å². The fourth-order valence-electron chi connectivity index (χ4n) is 6.58. The van der Waals surface area contributed by atoms with E-state index in [2.05, 4.69) is 48.7 Å². The third-order valence-electron chi connectivity index (χ3n) is 9.42. The van der Waals surface area contributed by atoms with Crippen LogP contribution in [0.5, 0.6) is 0 Å². The van der Waals surface area contributed by atoms with Crippen LogP contribution in [-0.2, 0) is 6.42 Å². The SMILES string of the molecule is CCCCCCCCNc1ccc(NC(=O)c2ccc(-c3ccc(CCCCCCCC)cc3)cc2)c2c1C(=O)c1ccccc1C2=O. The highest BCUT2D eigenvalue weighted by Gasteiger charge is 2.34. The Kier molecular flexibility index (Phi) is 12.8. The van der Waals surface area contributed by atoms with Crippen LogP contribution in [-0.4, -0.2) is 24.0 Å². The van der Waals surface area contributed by atoms with Gasteiger partial charge in [0.25, 0.3) is 5.91 Å². The number of ketones is 2. The van der Waals surface area contributed by atoms with Gasteiger partial charge in [0.2, 0.25) is 0 Å². The molecule has 48 heavy (non-hydrogen) atoms. The van der Waals surface area contributed by atoms with Crippen molar-refractivity contribution in [3.05, 3.63) is 118 Å². The van der Waals surface area contributed by atoms with Crippen molar-refractivity contribution in [3.63, 3.8) is 0 Å². The molecule has 0 spiro atoms. The Bertz CT molecular complexity index is 1690. The second kappa shape index (κ2) is 17.6. The highest BCUT2D eigenvalue weighted by Crippen LogP contribution is 2.37. The molecule has 0 bridgehead atoms. The number of rotatable bonds is 18. The van der Waals surface area contributed by atoms with Gasteiger partial charge in [-0.3, -0.25) is 14.4 Å². The summed E-state index contributed by atoms with van der Waals surface area (Å²) in [7, 11) is 0. The molecule has 2 N–H and O–H groups in total. The van der Waals surface area contributed by atoms with Crippen molar-refractivity contribution >= 4 is 28.8 Å². The summed E-state index contributed by atoms with van der Waals surface area (Å²) in [6, 6.07) is 26.7. The molecule has 5 heteroatoms. The molecule has 5 rings (SSSR count). The molecule has 5 nitrogen and oxygen atoms in total. The molecule has 0 fully saturated rings. The maximum absolute atomic E-state index is 13.8. The van der Waals surface area contributed by atoms with Gasteiger partial charge in [-0.1, -0.05) is 139 Å². The van der Waals surface area contributed by atoms with E-state index in [1.165, 1.54) is 69.8 Å². The van der Waals surface area contributed by atoms with E-state index < -0.39 is 0 Å². The van der Waals surface area contributed by atoms with Gasteiger partial charge in [0.15, 0.2) is 11.6 Å². The first-order chi connectivity index (χ1) is 23.5. The van der Waals surface area contributed by atoms with Gasteiger partial charge in [-0.2, -0.15) is 0 Å². The van der Waals surface area contributed by atoms with E-state index in [9.17, 15) is 14.4 Å². The quantitative estimate of drug-likeness (QED) is 0.0933. The van der Waals surface area contributed by atoms with E-state index in [1.54, 1.807) is 42.5 Å². The summed E-state index contributed by atoms with van der Waals surface area (Å²) in [6.45, 7) is 5.17. The molecular weight excluding hydrogens is 592 g/mol. The number of anilines is 2. The first kappa shape index (κ1) is 34.8. The Morgan fingerprint density at radius 1 is 0.542 bits per heavy atom. The smallest absolute Gasteiger partial charge is 0.255 e. The van der Waals surface area contributed by atoms with Crippen LogP contribution in [0.25, 0.3) is 11.1 Å². The Labute approximate surface area is 286 Å². The highest BCUT2D eigenvalue weighted by molar-refractivity contribution is 6.32. The molecule has 0 unspecified atom stereocenters. The lowest BCUT2D eigenvalue weighted by molar-refractivity contribution is 0.0979. The van der Waals surface area contributed by atoms with Crippen molar-refractivity contribution in [2.45, 2.75) is 97.3 Å². The van der Waals surface area contributed by atoms with Gasteiger partial charge in [0, 0.05) is 28.9 Å². The van der Waals surface area contributed by atoms with E-state index in [-0.39, 0.29) is 23.0 Å². The van der Waals surface area contributed by atoms with Crippen molar-refractivity contribution in [1.82, 2.24) is 0 Å². The lowest BCUT2D eigenvalue weighted by atomic mass is 9.82. The molecule has 0 heterocycles. The normalized spacial score (nSPS) is 12.0. The molecule has 1 amide bonds. The summed E-state index contributed by atoms with van der Waals surface area (Å²) < 4.78 is 0. The molecular formula is C43H50N2O3. The minimum atomic E-state index is -0.329. The van der Waals surface area contributed by atoms with Gasteiger partial charge in [-0.05, 0) is 60.2 Å². The van der Waals surface area contributed by atoms with Gasteiger partial charge < -0.3 is 10.6 Å². The van der Waals surface area contributed by atoms with E-state index in [4.69, 9.17) is 0 Å². The number of amides is 1. The number of carbonyl (C=O) groups is 3. The van der Waals surface area contributed by atoms with Crippen molar-refractivity contribution in [2.75, 3.05) is 17.2 Å². The van der Waals surface area contributed by atoms with Crippen LogP contribution in [0.1, 0.15) is 139 Å². The fraction of sp³-hybridized carbons (Fsp3) is 0.372. The monoisotopic (exact) mass is 642 g/mol. The molecule has 0 aliphatic heterocycles. The number of hydrogen-bond acceptors (Lipinski definition) is 4. The van der Waals surface area contributed by atoms with Crippen LogP contribution >= 0.6 is 0 Å². The molecule has 4 aromatic carbocycles. The predicted molar refractivity (Wildman–Crippen MR) is 199 cm³/mol. The average Bonchev–Trinajstić information content (AvgIpc) is 3.12. The van der Waals surface area contributed by atoms with Crippen LogP contribution in [0.3, 0.4) is 0 Å². The van der Waals surface area contributed by atoms with Crippen LogP contribution in [0, 0.1) is 0 Å². The molecule has 1 aliphatic carbocycles. The Balaban J connectivity index is 1.27. The Hall–Kier alpha value is -4.51. The van der Waals surface area contributed by atoms with Crippen LogP contribution in [0.2, 0.25) is 0 Å². The molecule has 4 aromatic rings. The molecule has 250 valence electrons. The maximum atomic E-state index is 13.8. The lowest BCUT2D eigenvalue weighted by Crippen LogP contribution is -2.25. The third kappa shape index (κ3) is 8.69. The molecule has 0 radical (unpaired) electrons. The summed E-state index contributed by atoms with van der Waals surface area (Å²) >= 11 is 0. The fourth-order valence-corrected chi connectivity index (χ4v) is 6.58. The summed E-state index contributed by atoms with van der Waals surface area (Å²) in [4.78, 5) is 41.1. The first-order valence-corrected chi connectivity index (χ1v) is 18.1. The van der Waals surface area contributed by atoms with Gasteiger partial charge >= 0.3 is 0 Å². The van der Waals surface area contributed by atoms with Gasteiger partial charge in [0.05, 0.1) is 16.8 Å². The van der Waals surface area contributed by atoms with E-state index in [0.717, 1.165) is 30.4 Å². The number of hydrogen-bond donors (Lipinski definition) is 2. The zero-order valence-corrected chi connectivity index (χ0v) is 28.7. The lowest BCUT2D eigenvalue weighted by Gasteiger charge is -2.23. The third-order valence-corrected chi connectivity index (χ3v) is 9.42. The second-order valence-corrected chi connectivity index (χ2v) is 13.1. The number of fused-ring (bicyclic) bond motifs is 2. The zero-order valence-electron chi connectivity index (χ0n) is 28.7. The maximum Gasteiger partial charge on any atom is 0.255 e. The predicted octanol–water partition coefficient (Wildman–Crippen LogP) is 11.1. The molecule has 0 aromatic heterocycles. The molecule has 0 atom stereocenters.